The van der Waals surface area contributed by atoms with Crippen molar-refractivity contribution in [3.05, 3.63) is 64.7 Å². The highest BCUT2D eigenvalue weighted by atomic mass is 32.1. The molecule has 0 unspecified atom stereocenters. The van der Waals surface area contributed by atoms with Gasteiger partial charge in [0.05, 0.1) is 17.0 Å². The summed E-state index contributed by atoms with van der Waals surface area (Å²) < 4.78 is 28.2. The second kappa shape index (κ2) is 6.92. The van der Waals surface area contributed by atoms with Gasteiger partial charge in [0, 0.05) is 18.3 Å². The van der Waals surface area contributed by atoms with Crippen molar-refractivity contribution in [2.24, 2.45) is 0 Å². The van der Waals surface area contributed by atoms with Crippen molar-refractivity contribution in [3.63, 3.8) is 0 Å². The fourth-order valence-electron chi connectivity index (χ4n) is 2.33. The third-order valence-electron chi connectivity index (χ3n) is 3.54. The minimum atomic E-state index is -0.872. The van der Waals surface area contributed by atoms with E-state index in [1.54, 1.807) is 16.0 Å². The monoisotopic (exact) mass is 347 g/mol. The molecule has 3 rings (SSSR count). The normalized spacial score (nSPS) is 10.8. The number of benzene rings is 1. The number of carbonyl (C=O) groups excluding carboxylic acids is 1. The molecule has 0 radical (unpaired) electrons. The molecule has 1 aromatic carbocycles. The number of thiophene rings is 1. The van der Waals surface area contributed by atoms with Crippen LogP contribution in [0.1, 0.15) is 16.1 Å². The number of nitrogens with one attached hydrogen (secondary N) is 1. The molecule has 2 heterocycles. The van der Waals surface area contributed by atoms with Crippen LogP contribution in [-0.4, -0.2) is 22.2 Å². The molecular formula is C17H15F2N3OS. The van der Waals surface area contributed by atoms with Crippen molar-refractivity contribution in [1.29, 1.82) is 0 Å². The second-order valence-electron chi connectivity index (χ2n) is 5.25. The summed E-state index contributed by atoms with van der Waals surface area (Å²) >= 11 is 1.61. The number of carbonyl (C=O) groups is 1. The van der Waals surface area contributed by atoms with Crippen LogP contribution >= 0.6 is 11.3 Å². The SMILES string of the molecule is Cc1cc(-c2cccs2)nn1CCNC(=O)c1ccc(F)cc1F. The molecule has 0 spiro atoms. The van der Waals surface area contributed by atoms with Crippen LogP contribution in [0.4, 0.5) is 8.78 Å². The van der Waals surface area contributed by atoms with E-state index in [1.165, 1.54) is 0 Å². The maximum Gasteiger partial charge on any atom is 0.254 e. The van der Waals surface area contributed by atoms with Crippen LogP contribution in [-0.2, 0) is 6.54 Å². The fourth-order valence-corrected chi connectivity index (χ4v) is 3.01. The summed E-state index contributed by atoms with van der Waals surface area (Å²) in [6, 6.07) is 8.83. The van der Waals surface area contributed by atoms with Crippen LogP contribution in [0.15, 0.2) is 41.8 Å². The molecule has 2 aromatic heterocycles. The lowest BCUT2D eigenvalue weighted by molar-refractivity contribution is 0.0947. The number of aromatic nitrogens is 2. The Morgan fingerprint density at radius 3 is 2.83 bits per heavy atom. The van der Waals surface area contributed by atoms with Crippen molar-refractivity contribution < 1.29 is 13.6 Å². The molecule has 3 aromatic rings. The van der Waals surface area contributed by atoms with Crippen molar-refractivity contribution in [2.75, 3.05) is 6.54 Å². The summed E-state index contributed by atoms with van der Waals surface area (Å²) in [5.74, 6) is -2.16. The topological polar surface area (TPSA) is 46.9 Å². The van der Waals surface area contributed by atoms with Gasteiger partial charge < -0.3 is 5.32 Å². The van der Waals surface area contributed by atoms with Crippen LogP contribution in [0.5, 0.6) is 0 Å². The van der Waals surface area contributed by atoms with E-state index in [-0.39, 0.29) is 5.56 Å². The van der Waals surface area contributed by atoms with Gasteiger partial charge in [0.1, 0.15) is 17.3 Å². The van der Waals surface area contributed by atoms with Gasteiger partial charge in [-0.3, -0.25) is 9.48 Å². The Balaban J connectivity index is 1.61. The van der Waals surface area contributed by atoms with Gasteiger partial charge in [0.15, 0.2) is 0 Å². The Labute approximate surface area is 141 Å². The lowest BCUT2D eigenvalue weighted by Gasteiger charge is -2.07. The standard InChI is InChI=1S/C17H15F2N3OS/c1-11-9-15(16-3-2-8-24-16)21-22(11)7-6-20-17(23)13-5-4-12(18)10-14(13)19/h2-5,8-10H,6-7H2,1H3,(H,20,23). The smallest absolute Gasteiger partial charge is 0.254 e. The highest BCUT2D eigenvalue weighted by Crippen LogP contribution is 2.23. The summed E-state index contributed by atoms with van der Waals surface area (Å²) in [7, 11) is 0. The maximum absolute atomic E-state index is 13.6. The van der Waals surface area contributed by atoms with E-state index in [1.807, 2.05) is 30.5 Å². The van der Waals surface area contributed by atoms with Crippen LogP contribution in [0, 0.1) is 18.6 Å². The molecule has 0 saturated heterocycles. The van der Waals surface area contributed by atoms with Gasteiger partial charge in [-0.2, -0.15) is 5.10 Å². The van der Waals surface area contributed by atoms with Gasteiger partial charge in [-0.25, -0.2) is 8.78 Å². The molecule has 0 atom stereocenters. The Kier molecular flexibility index (Phi) is 4.71. The minimum Gasteiger partial charge on any atom is -0.350 e. The molecule has 0 bridgehead atoms. The summed E-state index contributed by atoms with van der Waals surface area (Å²) in [5.41, 5.74) is 1.69. The maximum atomic E-state index is 13.6. The first-order valence-corrected chi connectivity index (χ1v) is 8.24. The van der Waals surface area contributed by atoms with Crippen LogP contribution < -0.4 is 5.32 Å². The molecular weight excluding hydrogens is 332 g/mol. The number of hydrogen-bond acceptors (Lipinski definition) is 3. The largest absolute Gasteiger partial charge is 0.350 e. The Morgan fingerprint density at radius 1 is 1.29 bits per heavy atom. The molecule has 4 nitrogen and oxygen atoms in total. The van der Waals surface area contributed by atoms with Gasteiger partial charge >= 0.3 is 0 Å². The van der Waals surface area contributed by atoms with E-state index >= 15 is 0 Å². The summed E-state index contributed by atoms with van der Waals surface area (Å²) in [6.45, 7) is 2.69. The second-order valence-corrected chi connectivity index (χ2v) is 6.20. The first-order chi connectivity index (χ1) is 11.5. The van der Waals surface area contributed by atoms with Crippen molar-refractivity contribution in [1.82, 2.24) is 15.1 Å². The van der Waals surface area contributed by atoms with E-state index in [0.717, 1.165) is 28.4 Å². The van der Waals surface area contributed by atoms with E-state index < -0.39 is 17.5 Å². The Morgan fingerprint density at radius 2 is 2.12 bits per heavy atom. The van der Waals surface area contributed by atoms with Gasteiger partial charge in [-0.05, 0) is 36.6 Å². The van der Waals surface area contributed by atoms with Crippen LogP contribution in [0.2, 0.25) is 0 Å². The highest BCUT2D eigenvalue weighted by Gasteiger charge is 2.12. The van der Waals surface area contributed by atoms with Gasteiger partial charge in [-0.15, -0.1) is 11.3 Å². The Hall–Kier alpha value is -2.54. The van der Waals surface area contributed by atoms with Crippen LogP contribution in [0.3, 0.4) is 0 Å². The van der Waals surface area contributed by atoms with Gasteiger partial charge in [0.25, 0.3) is 5.91 Å². The van der Waals surface area contributed by atoms with E-state index in [9.17, 15) is 13.6 Å². The van der Waals surface area contributed by atoms with Crippen molar-refractivity contribution >= 4 is 17.2 Å². The average molecular weight is 347 g/mol. The number of nitrogens with zero attached hydrogens (tertiary/aromatic N) is 2. The molecule has 0 fully saturated rings. The number of rotatable bonds is 5. The lowest BCUT2D eigenvalue weighted by Crippen LogP contribution is -2.28. The quantitative estimate of drug-likeness (QED) is 0.766. The fraction of sp³-hybridized carbons (Fsp3) is 0.176. The molecule has 0 aliphatic carbocycles. The van der Waals surface area contributed by atoms with Gasteiger partial charge in [-0.1, -0.05) is 6.07 Å². The first-order valence-electron chi connectivity index (χ1n) is 7.36. The molecule has 7 heteroatoms. The average Bonchev–Trinajstić information content (AvgIpc) is 3.17. The lowest BCUT2D eigenvalue weighted by atomic mass is 10.2. The number of hydrogen-bond donors (Lipinski definition) is 1. The van der Waals surface area contributed by atoms with E-state index in [0.29, 0.717) is 19.2 Å². The minimum absolute atomic E-state index is 0.173. The van der Waals surface area contributed by atoms with E-state index in [4.69, 9.17) is 0 Å². The summed E-state index contributed by atoms with van der Waals surface area (Å²) in [6.07, 6.45) is 0. The van der Waals surface area contributed by atoms with E-state index in [2.05, 4.69) is 10.4 Å². The zero-order valence-corrected chi connectivity index (χ0v) is 13.7. The molecule has 124 valence electrons. The molecule has 0 aliphatic rings. The zero-order valence-electron chi connectivity index (χ0n) is 12.9. The molecule has 1 N–H and O–H groups in total. The summed E-state index contributed by atoms with van der Waals surface area (Å²) in [5, 5.41) is 9.11. The first kappa shape index (κ1) is 16.3. The molecule has 1 amide bonds. The molecule has 24 heavy (non-hydrogen) atoms. The third-order valence-corrected chi connectivity index (χ3v) is 4.43. The predicted molar refractivity (Wildman–Crippen MR) is 89.0 cm³/mol. The zero-order chi connectivity index (χ0) is 17.1. The molecule has 0 aliphatic heterocycles. The third kappa shape index (κ3) is 3.51. The number of halogens is 2. The number of aryl methyl sites for hydroxylation is 1. The Bertz CT molecular complexity index is 859. The van der Waals surface area contributed by atoms with Crippen molar-refractivity contribution in [3.8, 4) is 10.6 Å². The number of amides is 1. The van der Waals surface area contributed by atoms with Gasteiger partial charge in [0.2, 0.25) is 0 Å². The predicted octanol–water partition coefficient (Wildman–Crippen LogP) is 3.63. The highest BCUT2D eigenvalue weighted by molar-refractivity contribution is 7.13. The van der Waals surface area contributed by atoms with Crippen LogP contribution in [0.25, 0.3) is 10.6 Å². The summed E-state index contributed by atoms with van der Waals surface area (Å²) in [4.78, 5) is 13.0. The van der Waals surface area contributed by atoms with Crippen molar-refractivity contribution in [2.45, 2.75) is 13.5 Å². The molecule has 0 saturated carbocycles.